The maximum absolute atomic E-state index is 11.5. The molecule has 0 aromatic carbocycles. The molecule has 1 atom stereocenters. The SMILES string of the molecule is Cc1nn([C@H]2CCS(=O)(=O)C2)c(C)c1C=C(C#N)C#N. The van der Waals surface area contributed by atoms with Crippen molar-refractivity contribution >= 4 is 15.9 Å². The Morgan fingerprint density at radius 3 is 2.55 bits per heavy atom. The van der Waals surface area contributed by atoms with Crippen LogP contribution in [0, 0.1) is 36.5 Å². The van der Waals surface area contributed by atoms with Crippen LogP contribution >= 0.6 is 0 Å². The van der Waals surface area contributed by atoms with Crippen molar-refractivity contribution in [1.29, 1.82) is 10.5 Å². The zero-order chi connectivity index (χ0) is 14.9. The number of hydrogen-bond acceptors (Lipinski definition) is 5. The molecule has 0 radical (unpaired) electrons. The van der Waals surface area contributed by atoms with Crippen LogP contribution < -0.4 is 0 Å². The largest absolute Gasteiger partial charge is 0.265 e. The fourth-order valence-corrected chi connectivity index (χ4v) is 4.13. The van der Waals surface area contributed by atoms with Crippen LogP contribution in [0.15, 0.2) is 5.57 Å². The van der Waals surface area contributed by atoms with Crippen molar-refractivity contribution < 1.29 is 8.42 Å². The highest BCUT2D eigenvalue weighted by Gasteiger charge is 2.31. The Morgan fingerprint density at radius 2 is 2.05 bits per heavy atom. The van der Waals surface area contributed by atoms with E-state index in [0.717, 1.165) is 5.69 Å². The molecule has 0 unspecified atom stereocenters. The highest BCUT2D eigenvalue weighted by molar-refractivity contribution is 7.91. The van der Waals surface area contributed by atoms with Gasteiger partial charge in [0.2, 0.25) is 0 Å². The van der Waals surface area contributed by atoms with E-state index in [0.29, 0.717) is 17.7 Å². The number of nitrogens with zero attached hydrogens (tertiary/aromatic N) is 4. The fraction of sp³-hybridized carbons (Fsp3) is 0.462. The number of rotatable bonds is 2. The van der Waals surface area contributed by atoms with Gasteiger partial charge in [-0.05, 0) is 26.3 Å². The normalized spacial score (nSPS) is 20.1. The third-order valence-corrected chi connectivity index (χ3v) is 5.22. The smallest absolute Gasteiger partial charge is 0.152 e. The molecular weight excluding hydrogens is 276 g/mol. The molecule has 0 spiro atoms. The molecule has 2 rings (SSSR count). The first kappa shape index (κ1) is 14.3. The molecule has 1 aliphatic heterocycles. The van der Waals surface area contributed by atoms with Crippen molar-refractivity contribution in [3.63, 3.8) is 0 Å². The van der Waals surface area contributed by atoms with Gasteiger partial charge in [-0.3, -0.25) is 4.68 Å². The monoisotopic (exact) mass is 290 g/mol. The molecule has 6 nitrogen and oxygen atoms in total. The Bertz CT molecular complexity index is 744. The molecule has 1 fully saturated rings. The lowest BCUT2D eigenvalue weighted by Gasteiger charge is -2.10. The molecule has 7 heteroatoms. The fourth-order valence-electron chi connectivity index (χ4n) is 2.44. The summed E-state index contributed by atoms with van der Waals surface area (Å²) in [5.41, 5.74) is 2.20. The Labute approximate surface area is 117 Å². The minimum atomic E-state index is -2.98. The predicted molar refractivity (Wildman–Crippen MR) is 73.2 cm³/mol. The maximum atomic E-state index is 11.5. The molecule has 0 bridgehead atoms. The van der Waals surface area contributed by atoms with Crippen LogP contribution in [0.1, 0.15) is 29.4 Å². The van der Waals surface area contributed by atoms with Crippen LogP contribution in [0.4, 0.5) is 0 Å². The van der Waals surface area contributed by atoms with Crippen molar-refractivity contribution in [2.45, 2.75) is 26.3 Å². The molecule has 0 aliphatic carbocycles. The quantitative estimate of drug-likeness (QED) is 0.764. The molecular formula is C13H14N4O2S. The van der Waals surface area contributed by atoms with Gasteiger partial charge in [-0.25, -0.2) is 8.42 Å². The maximum Gasteiger partial charge on any atom is 0.152 e. The van der Waals surface area contributed by atoms with Crippen molar-refractivity contribution in [2.24, 2.45) is 0 Å². The molecule has 1 saturated heterocycles. The second kappa shape index (κ2) is 5.10. The average molecular weight is 290 g/mol. The summed E-state index contributed by atoms with van der Waals surface area (Å²) < 4.78 is 24.8. The summed E-state index contributed by atoms with van der Waals surface area (Å²) in [4.78, 5) is 0. The molecule has 1 aliphatic rings. The molecule has 0 N–H and O–H groups in total. The van der Waals surface area contributed by atoms with Crippen LogP contribution in [0.5, 0.6) is 0 Å². The van der Waals surface area contributed by atoms with Gasteiger partial charge in [-0.1, -0.05) is 0 Å². The second-order valence-corrected chi connectivity index (χ2v) is 7.10. The van der Waals surface area contributed by atoms with E-state index in [1.54, 1.807) is 11.6 Å². The van der Waals surface area contributed by atoms with Gasteiger partial charge in [0.25, 0.3) is 0 Å². The molecule has 2 heterocycles. The van der Waals surface area contributed by atoms with Crippen LogP contribution in [-0.4, -0.2) is 29.7 Å². The minimum Gasteiger partial charge on any atom is -0.265 e. The number of sulfone groups is 1. The number of aryl methyl sites for hydroxylation is 1. The zero-order valence-electron chi connectivity index (χ0n) is 11.3. The lowest BCUT2D eigenvalue weighted by Crippen LogP contribution is -2.13. The summed E-state index contributed by atoms with van der Waals surface area (Å²) in [5.74, 6) is 0.282. The summed E-state index contributed by atoms with van der Waals surface area (Å²) in [6.45, 7) is 3.61. The molecule has 0 amide bonds. The number of allylic oxidation sites excluding steroid dienone is 1. The summed E-state index contributed by atoms with van der Waals surface area (Å²) in [7, 11) is -2.98. The number of aromatic nitrogens is 2. The van der Waals surface area contributed by atoms with E-state index in [1.165, 1.54) is 6.08 Å². The van der Waals surface area contributed by atoms with Gasteiger partial charge in [0.15, 0.2) is 9.84 Å². The summed E-state index contributed by atoms with van der Waals surface area (Å²) in [6, 6.07) is 3.47. The van der Waals surface area contributed by atoms with Crippen molar-refractivity contribution in [3.8, 4) is 12.1 Å². The molecule has 104 valence electrons. The van der Waals surface area contributed by atoms with Gasteiger partial charge < -0.3 is 0 Å². The standard InChI is InChI=1S/C13H14N4O2S/c1-9-13(5-11(6-14)7-15)10(2)17(16-9)12-3-4-20(18,19)8-12/h5,12H,3-4,8H2,1-2H3/t12-/m0/s1. The highest BCUT2D eigenvalue weighted by Crippen LogP contribution is 2.27. The predicted octanol–water partition coefficient (Wildman–Crippen LogP) is 1.29. The Morgan fingerprint density at radius 1 is 1.40 bits per heavy atom. The molecule has 20 heavy (non-hydrogen) atoms. The summed E-state index contributed by atoms with van der Waals surface area (Å²) >= 11 is 0. The topological polar surface area (TPSA) is 99.5 Å². The second-order valence-electron chi connectivity index (χ2n) is 4.87. The van der Waals surface area contributed by atoms with Crippen LogP contribution in [0.3, 0.4) is 0 Å². The Kier molecular flexibility index (Phi) is 3.65. The lowest BCUT2D eigenvalue weighted by atomic mass is 10.1. The number of hydrogen-bond donors (Lipinski definition) is 0. The Hall–Kier alpha value is -2.12. The van der Waals surface area contributed by atoms with E-state index >= 15 is 0 Å². The summed E-state index contributed by atoms with van der Waals surface area (Å²) in [6.07, 6.45) is 2.05. The van der Waals surface area contributed by atoms with Crippen LogP contribution in [0.25, 0.3) is 6.08 Å². The van der Waals surface area contributed by atoms with Crippen molar-refractivity contribution in [3.05, 3.63) is 22.5 Å². The van der Waals surface area contributed by atoms with E-state index in [4.69, 9.17) is 10.5 Å². The van der Waals surface area contributed by atoms with Crippen molar-refractivity contribution in [2.75, 3.05) is 11.5 Å². The highest BCUT2D eigenvalue weighted by atomic mass is 32.2. The van der Waals surface area contributed by atoms with Crippen LogP contribution in [0.2, 0.25) is 0 Å². The average Bonchev–Trinajstić information content (AvgIpc) is 2.88. The van der Waals surface area contributed by atoms with Gasteiger partial charge >= 0.3 is 0 Å². The van der Waals surface area contributed by atoms with E-state index < -0.39 is 9.84 Å². The van der Waals surface area contributed by atoms with Gasteiger partial charge in [-0.2, -0.15) is 15.6 Å². The molecule has 0 saturated carbocycles. The first-order chi connectivity index (χ1) is 9.38. The van der Waals surface area contributed by atoms with Crippen LogP contribution in [-0.2, 0) is 9.84 Å². The zero-order valence-corrected chi connectivity index (χ0v) is 12.1. The van der Waals surface area contributed by atoms with Gasteiger partial charge in [-0.15, -0.1) is 0 Å². The lowest BCUT2D eigenvalue weighted by molar-refractivity contribution is 0.486. The van der Waals surface area contributed by atoms with Gasteiger partial charge in [0, 0.05) is 11.3 Å². The van der Waals surface area contributed by atoms with Gasteiger partial charge in [0.1, 0.15) is 17.7 Å². The minimum absolute atomic E-state index is 0.00907. The first-order valence-corrected chi connectivity index (χ1v) is 7.98. The number of nitriles is 2. The third-order valence-electron chi connectivity index (χ3n) is 3.46. The first-order valence-electron chi connectivity index (χ1n) is 6.16. The summed E-state index contributed by atoms with van der Waals surface area (Å²) in [5, 5.41) is 22.0. The van der Waals surface area contributed by atoms with Crippen molar-refractivity contribution in [1.82, 2.24) is 9.78 Å². The third kappa shape index (κ3) is 2.59. The van der Waals surface area contributed by atoms with E-state index in [2.05, 4.69) is 5.10 Å². The Balaban J connectivity index is 2.44. The molecule has 1 aromatic rings. The van der Waals surface area contributed by atoms with E-state index in [-0.39, 0.29) is 23.1 Å². The van der Waals surface area contributed by atoms with E-state index in [1.807, 2.05) is 19.1 Å². The van der Waals surface area contributed by atoms with Gasteiger partial charge in [0.05, 0.1) is 23.2 Å². The van der Waals surface area contributed by atoms with E-state index in [9.17, 15) is 8.42 Å². The molecule has 1 aromatic heterocycles.